The highest BCUT2D eigenvalue weighted by atomic mass is 15.2. The number of fused-ring (bicyclic) bond motifs is 8. The quantitative estimate of drug-likeness (QED) is 0.277. The molecule has 1 heteroatoms. The number of rotatable bonds is 0. The summed E-state index contributed by atoms with van der Waals surface area (Å²) in [5.41, 5.74) is 13.9. The van der Waals surface area contributed by atoms with Gasteiger partial charge in [-0.2, -0.15) is 0 Å². The fourth-order valence-corrected chi connectivity index (χ4v) is 6.03. The smallest absolute Gasteiger partial charge is 0.0497 e. The molecule has 7 rings (SSSR count). The number of benzene rings is 4. The molecule has 158 valence electrons. The summed E-state index contributed by atoms with van der Waals surface area (Å²) in [6.07, 6.45) is 7.69. The fraction of sp³-hybridized carbons (Fsp3) is 0.125. The normalized spacial score (nSPS) is 17.9. The zero-order valence-corrected chi connectivity index (χ0v) is 18.5. The Morgan fingerprint density at radius 2 is 1.18 bits per heavy atom. The Bertz CT molecular complexity index is 1450. The van der Waals surface area contributed by atoms with Crippen LogP contribution in [0.15, 0.2) is 120 Å². The summed E-state index contributed by atoms with van der Waals surface area (Å²) >= 11 is 0. The van der Waals surface area contributed by atoms with Gasteiger partial charge >= 0.3 is 0 Å². The van der Waals surface area contributed by atoms with Crippen molar-refractivity contribution >= 4 is 11.4 Å². The second-order valence-electron chi connectivity index (χ2n) is 9.29. The van der Waals surface area contributed by atoms with Crippen LogP contribution in [-0.2, 0) is 12.8 Å². The van der Waals surface area contributed by atoms with E-state index < -0.39 is 0 Å². The van der Waals surface area contributed by atoms with Crippen LogP contribution in [0.25, 0.3) is 11.1 Å². The van der Waals surface area contributed by atoms with Crippen LogP contribution < -0.4 is 4.90 Å². The van der Waals surface area contributed by atoms with Gasteiger partial charge in [0.25, 0.3) is 0 Å². The zero-order valence-electron chi connectivity index (χ0n) is 18.5. The van der Waals surface area contributed by atoms with Gasteiger partial charge in [-0.1, -0.05) is 97.1 Å². The third-order valence-corrected chi connectivity index (χ3v) is 7.46. The Hall–Kier alpha value is -3.84. The molecular formula is C32H25N. The third kappa shape index (κ3) is 2.85. The minimum atomic E-state index is 0.421. The summed E-state index contributed by atoms with van der Waals surface area (Å²) in [4.78, 5) is 2.57. The van der Waals surface area contributed by atoms with E-state index in [1.54, 1.807) is 0 Å². The molecule has 0 spiro atoms. The highest BCUT2D eigenvalue weighted by Gasteiger charge is 2.38. The number of nitrogens with zero attached hydrogens (tertiary/aromatic N) is 1. The van der Waals surface area contributed by atoms with Crippen molar-refractivity contribution < 1.29 is 0 Å². The summed E-state index contributed by atoms with van der Waals surface area (Å²) in [6.45, 7) is 0. The summed E-state index contributed by atoms with van der Waals surface area (Å²) < 4.78 is 0. The fourth-order valence-electron chi connectivity index (χ4n) is 6.03. The zero-order chi connectivity index (χ0) is 21.8. The standard InChI is InChI=1S/C32H25N/c1-4-14-26-22(10-1)20-24-12-3-7-18-30(24)33-31-19-8-6-16-28(31)29-17-9-13-25(32(29)33)21-23-11-2-5-15-27(23)26/h1-16,18-19,29H,17,20-21H2. The van der Waals surface area contributed by atoms with Gasteiger partial charge in [0.15, 0.2) is 0 Å². The first-order chi connectivity index (χ1) is 16.4. The molecule has 0 amide bonds. The summed E-state index contributed by atoms with van der Waals surface area (Å²) in [5.74, 6) is 0.421. The van der Waals surface area contributed by atoms with Gasteiger partial charge in [0.05, 0.1) is 0 Å². The van der Waals surface area contributed by atoms with Gasteiger partial charge in [0.2, 0.25) is 0 Å². The van der Waals surface area contributed by atoms with E-state index in [1.807, 2.05) is 0 Å². The number of hydrogen-bond donors (Lipinski definition) is 0. The molecule has 4 aromatic carbocycles. The molecule has 0 saturated heterocycles. The van der Waals surface area contributed by atoms with Crippen molar-refractivity contribution in [3.8, 4) is 11.1 Å². The Labute approximate surface area is 195 Å². The van der Waals surface area contributed by atoms with Gasteiger partial charge in [-0.05, 0) is 63.9 Å². The molecule has 4 aromatic rings. The van der Waals surface area contributed by atoms with Crippen molar-refractivity contribution in [2.75, 3.05) is 4.90 Å². The molecule has 0 fully saturated rings. The van der Waals surface area contributed by atoms with Gasteiger partial charge < -0.3 is 4.90 Å². The van der Waals surface area contributed by atoms with Crippen molar-refractivity contribution in [1.29, 1.82) is 0 Å². The summed E-state index contributed by atoms with van der Waals surface area (Å²) in [6, 6.07) is 35.9. The lowest BCUT2D eigenvalue weighted by Crippen LogP contribution is -2.19. The van der Waals surface area contributed by atoms with Crippen molar-refractivity contribution in [1.82, 2.24) is 0 Å². The van der Waals surface area contributed by atoms with Gasteiger partial charge in [-0.3, -0.25) is 0 Å². The minimum absolute atomic E-state index is 0.421. The number of allylic oxidation sites excluding steroid dienone is 4. The van der Waals surface area contributed by atoms with E-state index in [2.05, 4.69) is 114 Å². The van der Waals surface area contributed by atoms with Gasteiger partial charge in [-0.25, -0.2) is 0 Å². The van der Waals surface area contributed by atoms with Crippen LogP contribution in [0, 0.1) is 0 Å². The molecule has 0 saturated carbocycles. The Kier molecular flexibility index (Phi) is 4.17. The van der Waals surface area contributed by atoms with E-state index in [9.17, 15) is 0 Å². The van der Waals surface area contributed by atoms with E-state index in [1.165, 1.54) is 56.0 Å². The molecule has 1 unspecified atom stereocenters. The first-order valence-electron chi connectivity index (χ1n) is 11.9. The van der Waals surface area contributed by atoms with Crippen molar-refractivity contribution in [3.05, 3.63) is 143 Å². The lowest BCUT2D eigenvalue weighted by atomic mass is 9.85. The number of para-hydroxylation sites is 2. The summed E-state index contributed by atoms with van der Waals surface area (Å²) in [5, 5.41) is 0. The average Bonchev–Trinajstić information content (AvgIpc) is 3.20. The third-order valence-electron chi connectivity index (χ3n) is 7.46. The van der Waals surface area contributed by atoms with Crippen LogP contribution in [0.4, 0.5) is 11.4 Å². The molecule has 1 nitrogen and oxygen atoms in total. The molecule has 0 aromatic heterocycles. The van der Waals surface area contributed by atoms with E-state index in [4.69, 9.17) is 0 Å². The minimum Gasteiger partial charge on any atom is -0.313 e. The van der Waals surface area contributed by atoms with Crippen molar-refractivity contribution in [3.63, 3.8) is 0 Å². The second kappa shape index (κ2) is 7.35. The van der Waals surface area contributed by atoms with Crippen molar-refractivity contribution in [2.24, 2.45) is 0 Å². The average molecular weight is 424 g/mol. The van der Waals surface area contributed by atoms with Crippen LogP contribution >= 0.6 is 0 Å². The van der Waals surface area contributed by atoms with E-state index in [0.717, 1.165) is 19.3 Å². The van der Waals surface area contributed by atoms with Crippen LogP contribution in [0.3, 0.4) is 0 Å². The lowest BCUT2D eigenvalue weighted by Gasteiger charge is -2.29. The molecule has 0 N–H and O–H groups in total. The van der Waals surface area contributed by atoms with Crippen molar-refractivity contribution in [2.45, 2.75) is 25.2 Å². The SMILES string of the molecule is C1=CC2=C3C(C1)c1ccccc1N3c1ccccc1Cc1ccccc1-c1ccccc1C2. The van der Waals surface area contributed by atoms with E-state index >= 15 is 0 Å². The molecule has 1 atom stereocenters. The van der Waals surface area contributed by atoms with Gasteiger partial charge in [0, 0.05) is 29.4 Å². The maximum absolute atomic E-state index is 2.57. The lowest BCUT2D eigenvalue weighted by molar-refractivity contribution is 0.797. The van der Waals surface area contributed by atoms with Crippen LogP contribution in [0.2, 0.25) is 0 Å². The molecule has 1 aliphatic carbocycles. The molecule has 33 heavy (non-hydrogen) atoms. The Balaban J connectivity index is 1.57. The second-order valence-corrected chi connectivity index (χ2v) is 9.29. The highest BCUT2D eigenvalue weighted by molar-refractivity contribution is 5.82. The Morgan fingerprint density at radius 1 is 0.576 bits per heavy atom. The van der Waals surface area contributed by atoms with Gasteiger partial charge in [0.1, 0.15) is 0 Å². The predicted octanol–water partition coefficient (Wildman–Crippen LogP) is 7.95. The topological polar surface area (TPSA) is 3.24 Å². The first kappa shape index (κ1) is 18.7. The largest absolute Gasteiger partial charge is 0.313 e. The van der Waals surface area contributed by atoms with E-state index in [-0.39, 0.29) is 0 Å². The first-order valence-corrected chi connectivity index (χ1v) is 11.9. The highest BCUT2D eigenvalue weighted by Crippen LogP contribution is 2.53. The van der Waals surface area contributed by atoms with Gasteiger partial charge in [-0.15, -0.1) is 0 Å². The summed E-state index contributed by atoms with van der Waals surface area (Å²) in [7, 11) is 0. The Morgan fingerprint density at radius 3 is 1.97 bits per heavy atom. The molecule has 0 radical (unpaired) electrons. The maximum atomic E-state index is 2.57. The monoisotopic (exact) mass is 423 g/mol. The van der Waals surface area contributed by atoms with E-state index in [0.29, 0.717) is 5.92 Å². The maximum Gasteiger partial charge on any atom is 0.0497 e. The molecular weight excluding hydrogens is 398 g/mol. The molecule has 0 bridgehead atoms. The number of hydrogen-bond acceptors (Lipinski definition) is 1. The van der Waals surface area contributed by atoms with Crippen LogP contribution in [-0.4, -0.2) is 0 Å². The molecule has 2 heterocycles. The van der Waals surface area contributed by atoms with Crippen LogP contribution in [0.1, 0.15) is 34.6 Å². The predicted molar refractivity (Wildman–Crippen MR) is 137 cm³/mol. The molecule has 2 aliphatic heterocycles. The number of anilines is 2. The van der Waals surface area contributed by atoms with Crippen LogP contribution in [0.5, 0.6) is 0 Å². The molecule has 3 aliphatic rings.